The number of primary sulfonamides is 1. The lowest BCUT2D eigenvalue weighted by atomic mass is 10.2. The lowest BCUT2D eigenvalue weighted by molar-refractivity contribution is -0.117. The smallest absolute Gasteiger partial charge is 0.238 e. The predicted molar refractivity (Wildman–Crippen MR) is 113 cm³/mol. The van der Waals surface area contributed by atoms with Crippen LogP contribution in [0.3, 0.4) is 0 Å². The minimum atomic E-state index is -3.69. The van der Waals surface area contributed by atoms with E-state index in [9.17, 15) is 13.2 Å². The van der Waals surface area contributed by atoms with Crippen LogP contribution >= 0.6 is 11.6 Å². The Morgan fingerprint density at radius 3 is 2.38 bits per heavy atom. The average Bonchev–Trinajstić information content (AvgIpc) is 2.68. The maximum Gasteiger partial charge on any atom is 0.238 e. The molecule has 1 amide bonds. The number of nitrogens with two attached hydrogens (primary N) is 1. The number of methoxy groups -OCH3 is 1. The minimum Gasteiger partial charge on any atom is -0.495 e. The van der Waals surface area contributed by atoms with Crippen LogP contribution in [0.2, 0.25) is 5.02 Å². The van der Waals surface area contributed by atoms with E-state index in [1.807, 2.05) is 0 Å². The van der Waals surface area contributed by atoms with Crippen LogP contribution in [0, 0.1) is 0 Å². The van der Waals surface area contributed by atoms with Gasteiger partial charge in [-0.15, -0.1) is 0 Å². The molecule has 0 aliphatic carbocycles. The molecule has 0 saturated carbocycles. The van der Waals surface area contributed by atoms with Gasteiger partial charge in [0.1, 0.15) is 5.75 Å². The summed E-state index contributed by atoms with van der Waals surface area (Å²) in [5.41, 5.74) is 1.46. The Morgan fingerprint density at radius 1 is 1.14 bits per heavy atom. The fraction of sp³-hybridized carbons (Fsp3) is 0.316. The topological polar surface area (TPSA) is 105 Å². The standard InChI is InChI=1S/C19H23ClN4O4S/c1-28-18-7-2-14(20)12-17(18)22-19(25)13-23-8-10-24(11-9-23)15-3-5-16(6-4-15)29(21,26)27/h2-7,12H,8-11,13H2,1H3,(H,22,25)(H2,21,26,27). The second-order valence-corrected chi connectivity index (χ2v) is 8.69. The first-order valence-electron chi connectivity index (χ1n) is 9.00. The number of anilines is 2. The van der Waals surface area contributed by atoms with Crippen molar-refractivity contribution in [1.29, 1.82) is 0 Å². The van der Waals surface area contributed by atoms with E-state index in [-0.39, 0.29) is 17.3 Å². The normalized spacial score (nSPS) is 15.2. The number of amides is 1. The predicted octanol–water partition coefficient (Wildman–Crippen LogP) is 1.76. The summed E-state index contributed by atoms with van der Waals surface area (Å²) in [6.07, 6.45) is 0. The summed E-state index contributed by atoms with van der Waals surface area (Å²) in [6, 6.07) is 11.6. The van der Waals surface area contributed by atoms with Crippen molar-refractivity contribution >= 4 is 38.9 Å². The fourth-order valence-electron chi connectivity index (χ4n) is 3.18. The number of carbonyl (C=O) groups excluding carboxylic acids is 1. The van der Waals surface area contributed by atoms with Gasteiger partial charge in [0.15, 0.2) is 0 Å². The number of hydrogen-bond acceptors (Lipinski definition) is 6. The highest BCUT2D eigenvalue weighted by Crippen LogP contribution is 2.27. The number of benzene rings is 2. The van der Waals surface area contributed by atoms with Crippen LogP contribution < -0.4 is 20.1 Å². The molecule has 8 nitrogen and oxygen atoms in total. The highest BCUT2D eigenvalue weighted by Gasteiger charge is 2.20. The van der Waals surface area contributed by atoms with E-state index in [4.69, 9.17) is 21.5 Å². The average molecular weight is 439 g/mol. The highest BCUT2D eigenvalue weighted by atomic mass is 35.5. The van der Waals surface area contributed by atoms with Crippen molar-refractivity contribution in [3.63, 3.8) is 0 Å². The van der Waals surface area contributed by atoms with Crippen molar-refractivity contribution < 1.29 is 17.9 Å². The number of nitrogens with one attached hydrogen (secondary N) is 1. The molecule has 0 radical (unpaired) electrons. The minimum absolute atomic E-state index is 0.0907. The van der Waals surface area contributed by atoms with E-state index in [1.54, 1.807) is 30.3 Å². The Bertz CT molecular complexity index is 974. The van der Waals surface area contributed by atoms with E-state index >= 15 is 0 Å². The summed E-state index contributed by atoms with van der Waals surface area (Å²) < 4.78 is 28.0. The molecule has 3 rings (SSSR count). The zero-order valence-corrected chi connectivity index (χ0v) is 17.5. The van der Waals surface area contributed by atoms with Crippen LogP contribution in [0.1, 0.15) is 0 Å². The van der Waals surface area contributed by atoms with Gasteiger partial charge in [0.05, 0.1) is 24.2 Å². The molecule has 0 bridgehead atoms. The van der Waals surface area contributed by atoms with Gasteiger partial charge in [0.25, 0.3) is 0 Å². The van der Waals surface area contributed by atoms with Crippen LogP contribution in [0.4, 0.5) is 11.4 Å². The number of ether oxygens (including phenoxy) is 1. The number of hydrogen-bond donors (Lipinski definition) is 2. The molecule has 0 spiro atoms. The number of piperazine rings is 1. The molecule has 29 heavy (non-hydrogen) atoms. The molecule has 1 heterocycles. The molecule has 1 fully saturated rings. The third-order valence-corrected chi connectivity index (χ3v) is 5.87. The molecule has 10 heteroatoms. The number of sulfonamides is 1. The SMILES string of the molecule is COc1ccc(Cl)cc1NC(=O)CN1CCN(c2ccc(S(N)(=O)=O)cc2)CC1. The first-order valence-corrected chi connectivity index (χ1v) is 10.9. The van der Waals surface area contributed by atoms with Crippen molar-refractivity contribution in [2.45, 2.75) is 4.90 Å². The number of carbonyl (C=O) groups is 1. The van der Waals surface area contributed by atoms with Crippen molar-refractivity contribution in [2.75, 3.05) is 50.1 Å². The monoisotopic (exact) mass is 438 g/mol. The lowest BCUT2D eigenvalue weighted by Gasteiger charge is -2.35. The Hall–Kier alpha value is -2.33. The molecule has 1 aliphatic rings. The molecule has 0 atom stereocenters. The third-order valence-electron chi connectivity index (χ3n) is 4.71. The Balaban J connectivity index is 1.53. The van der Waals surface area contributed by atoms with E-state index in [1.165, 1.54) is 19.2 Å². The lowest BCUT2D eigenvalue weighted by Crippen LogP contribution is -2.48. The van der Waals surface area contributed by atoms with Gasteiger partial charge in [-0.05, 0) is 42.5 Å². The van der Waals surface area contributed by atoms with Gasteiger partial charge in [-0.2, -0.15) is 0 Å². The molecule has 1 saturated heterocycles. The zero-order valence-electron chi connectivity index (χ0n) is 16.0. The largest absolute Gasteiger partial charge is 0.495 e. The van der Waals surface area contributed by atoms with Gasteiger partial charge in [0, 0.05) is 36.9 Å². The molecular weight excluding hydrogens is 416 g/mol. The molecule has 0 unspecified atom stereocenters. The highest BCUT2D eigenvalue weighted by molar-refractivity contribution is 7.89. The van der Waals surface area contributed by atoms with E-state index in [0.717, 1.165) is 18.8 Å². The van der Waals surface area contributed by atoms with Crippen LogP contribution in [-0.4, -0.2) is 59.1 Å². The number of nitrogens with zero attached hydrogens (tertiary/aromatic N) is 2. The number of rotatable bonds is 6. The Kier molecular flexibility index (Phi) is 6.63. The second kappa shape index (κ2) is 9.00. The van der Waals surface area contributed by atoms with Crippen molar-refractivity contribution in [3.8, 4) is 5.75 Å². The van der Waals surface area contributed by atoms with Gasteiger partial charge in [-0.25, -0.2) is 13.6 Å². The maximum atomic E-state index is 12.4. The first-order chi connectivity index (χ1) is 13.8. The molecule has 2 aromatic carbocycles. The van der Waals surface area contributed by atoms with Crippen molar-refractivity contribution in [3.05, 3.63) is 47.5 Å². The van der Waals surface area contributed by atoms with Gasteiger partial charge < -0.3 is 15.0 Å². The van der Waals surface area contributed by atoms with Gasteiger partial charge in [-0.3, -0.25) is 9.69 Å². The Morgan fingerprint density at radius 2 is 1.79 bits per heavy atom. The summed E-state index contributed by atoms with van der Waals surface area (Å²) in [4.78, 5) is 16.7. The van der Waals surface area contributed by atoms with E-state index in [2.05, 4.69) is 15.1 Å². The maximum absolute atomic E-state index is 12.4. The summed E-state index contributed by atoms with van der Waals surface area (Å²) in [5.74, 6) is 0.409. The van der Waals surface area contributed by atoms with Gasteiger partial charge in [0.2, 0.25) is 15.9 Å². The summed E-state index contributed by atoms with van der Waals surface area (Å²) in [6.45, 7) is 3.12. The molecule has 156 valence electrons. The molecular formula is C19H23ClN4O4S. The second-order valence-electron chi connectivity index (χ2n) is 6.69. The fourth-order valence-corrected chi connectivity index (χ4v) is 3.87. The van der Waals surface area contributed by atoms with Crippen LogP contribution in [0.15, 0.2) is 47.4 Å². The summed E-state index contributed by atoms with van der Waals surface area (Å²) >= 11 is 5.99. The molecule has 1 aliphatic heterocycles. The Labute approximate surface area is 175 Å². The van der Waals surface area contributed by atoms with Gasteiger partial charge >= 0.3 is 0 Å². The summed E-state index contributed by atoms with van der Waals surface area (Å²) in [7, 11) is -2.16. The van der Waals surface area contributed by atoms with E-state index < -0.39 is 10.0 Å². The van der Waals surface area contributed by atoms with Crippen molar-refractivity contribution in [1.82, 2.24) is 4.90 Å². The van der Waals surface area contributed by atoms with Crippen LogP contribution in [-0.2, 0) is 14.8 Å². The third kappa shape index (κ3) is 5.60. The zero-order chi connectivity index (χ0) is 21.0. The van der Waals surface area contributed by atoms with Gasteiger partial charge in [-0.1, -0.05) is 11.6 Å². The van der Waals surface area contributed by atoms with Crippen LogP contribution in [0.5, 0.6) is 5.75 Å². The quantitative estimate of drug-likeness (QED) is 0.712. The molecule has 2 aromatic rings. The molecule has 3 N–H and O–H groups in total. The number of halogens is 1. The van der Waals surface area contributed by atoms with Crippen LogP contribution in [0.25, 0.3) is 0 Å². The van der Waals surface area contributed by atoms with Crippen molar-refractivity contribution in [2.24, 2.45) is 5.14 Å². The molecule has 0 aromatic heterocycles. The summed E-state index contributed by atoms with van der Waals surface area (Å²) in [5, 5.41) is 8.49. The first kappa shape index (κ1) is 21.4. The van der Waals surface area contributed by atoms with E-state index in [0.29, 0.717) is 29.5 Å².